The molecule has 0 atom stereocenters. The Labute approximate surface area is 160 Å². The molecule has 0 unspecified atom stereocenters. The number of pyridine rings is 1. The van der Waals surface area contributed by atoms with Gasteiger partial charge in [-0.2, -0.15) is 5.26 Å². The topological polar surface area (TPSA) is 96.5 Å². The summed E-state index contributed by atoms with van der Waals surface area (Å²) in [5.41, 5.74) is 2.08. The number of nitrogens with zero attached hydrogens (tertiary/aromatic N) is 5. The van der Waals surface area contributed by atoms with Gasteiger partial charge in [0.05, 0.1) is 17.4 Å². The van der Waals surface area contributed by atoms with Gasteiger partial charge >= 0.3 is 0 Å². The van der Waals surface area contributed by atoms with Crippen LogP contribution in [-0.2, 0) is 11.3 Å². The van der Waals surface area contributed by atoms with Gasteiger partial charge in [-0.3, -0.25) is 14.3 Å². The fraction of sp³-hybridized carbons (Fsp3) is 0.105. The third-order valence-electron chi connectivity index (χ3n) is 3.60. The predicted molar refractivity (Wildman–Crippen MR) is 104 cm³/mol. The van der Waals surface area contributed by atoms with Crippen molar-refractivity contribution in [2.24, 2.45) is 0 Å². The second-order valence-electron chi connectivity index (χ2n) is 5.47. The van der Waals surface area contributed by atoms with E-state index >= 15 is 0 Å². The predicted octanol–water partition coefficient (Wildman–Crippen LogP) is 3.13. The number of nitrogens with one attached hydrogen (secondary N) is 1. The Hall–Kier alpha value is -3.44. The summed E-state index contributed by atoms with van der Waals surface area (Å²) in [7, 11) is 0. The molecule has 0 radical (unpaired) electrons. The average molecular weight is 376 g/mol. The highest BCUT2D eigenvalue weighted by Gasteiger charge is 2.15. The highest BCUT2D eigenvalue weighted by Crippen LogP contribution is 2.24. The maximum absolute atomic E-state index is 12.2. The minimum Gasteiger partial charge on any atom is -0.325 e. The van der Waals surface area contributed by atoms with Crippen molar-refractivity contribution in [3.05, 3.63) is 67.0 Å². The Morgan fingerprint density at radius 1 is 1.22 bits per heavy atom. The lowest BCUT2D eigenvalue weighted by Gasteiger charge is -2.08. The van der Waals surface area contributed by atoms with Crippen molar-refractivity contribution >= 4 is 23.4 Å². The fourth-order valence-corrected chi connectivity index (χ4v) is 3.11. The first-order valence-electron chi connectivity index (χ1n) is 8.08. The number of allylic oxidation sites excluding steroid dienone is 1. The lowest BCUT2D eigenvalue weighted by molar-refractivity contribution is -0.113. The molecule has 0 bridgehead atoms. The monoisotopic (exact) mass is 376 g/mol. The van der Waals surface area contributed by atoms with Gasteiger partial charge in [-0.05, 0) is 36.4 Å². The standard InChI is InChI=1S/C19H16N6OS/c1-2-11-25-18(15-7-9-21-10-8-15)23-24-19(25)27-13-17(26)22-16-5-3-14(12-20)4-6-16/h2-10H,1,11,13H2,(H,22,26). The van der Waals surface area contributed by atoms with Crippen LogP contribution < -0.4 is 5.32 Å². The molecule has 3 rings (SSSR count). The van der Waals surface area contributed by atoms with E-state index < -0.39 is 0 Å². The van der Waals surface area contributed by atoms with Crippen molar-refractivity contribution in [3.8, 4) is 17.5 Å². The van der Waals surface area contributed by atoms with Crippen LogP contribution in [-0.4, -0.2) is 31.4 Å². The van der Waals surface area contributed by atoms with Crippen molar-refractivity contribution in [1.29, 1.82) is 5.26 Å². The molecule has 1 aromatic carbocycles. The van der Waals surface area contributed by atoms with Crippen LogP contribution in [0.25, 0.3) is 11.4 Å². The van der Waals surface area contributed by atoms with Crippen LogP contribution in [0.1, 0.15) is 5.56 Å². The summed E-state index contributed by atoms with van der Waals surface area (Å²) in [5, 5.41) is 20.7. The summed E-state index contributed by atoms with van der Waals surface area (Å²) in [5.74, 6) is 0.724. The molecule has 7 nitrogen and oxygen atoms in total. The van der Waals surface area contributed by atoms with E-state index in [-0.39, 0.29) is 11.7 Å². The normalized spacial score (nSPS) is 10.2. The summed E-state index contributed by atoms with van der Waals surface area (Å²) < 4.78 is 1.90. The second kappa shape index (κ2) is 8.78. The van der Waals surface area contributed by atoms with Gasteiger partial charge in [0.25, 0.3) is 0 Å². The fourth-order valence-electron chi connectivity index (χ4n) is 2.36. The molecule has 2 heterocycles. The Kier molecular flexibility index (Phi) is 5.97. The van der Waals surface area contributed by atoms with Crippen LogP contribution in [0.3, 0.4) is 0 Å². The van der Waals surface area contributed by atoms with Crippen molar-refractivity contribution in [2.75, 3.05) is 11.1 Å². The van der Waals surface area contributed by atoms with Crippen LogP contribution in [0.2, 0.25) is 0 Å². The molecule has 0 spiro atoms. The minimum absolute atomic E-state index is 0.164. The number of aromatic nitrogens is 4. The van der Waals surface area contributed by atoms with E-state index in [0.717, 1.165) is 5.56 Å². The van der Waals surface area contributed by atoms with Crippen molar-refractivity contribution in [2.45, 2.75) is 11.7 Å². The molecule has 0 saturated carbocycles. The quantitative estimate of drug-likeness (QED) is 0.503. The highest BCUT2D eigenvalue weighted by molar-refractivity contribution is 7.99. The van der Waals surface area contributed by atoms with Gasteiger partial charge in [0.15, 0.2) is 11.0 Å². The molecule has 0 saturated heterocycles. The molecule has 8 heteroatoms. The van der Waals surface area contributed by atoms with E-state index in [9.17, 15) is 4.79 Å². The number of thioether (sulfide) groups is 1. The SMILES string of the molecule is C=CCn1c(SCC(=O)Nc2ccc(C#N)cc2)nnc1-c1ccncc1. The highest BCUT2D eigenvalue weighted by atomic mass is 32.2. The second-order valence-corrected chi connectivity index (χ2v) is 6.41. The first-order valence-corrected chi connectivity index (χ1v) is 9.07. The van der Waals surface area contributed by atoms with E-state index in [2.05, 4.69) is 27.1 Å². The number of benzene rings is 1. The van der Waals surface area contributed by atoms with Crippen LogP contribution in [0.5, 0.6) is 0 Å². The zero-order valence-electron chi connectivity index (χ0n) is 14.4. The molecule has 0 aliphatic heterocycles. The summed E-state index contributed by atoms with van der Waals surface area (Å²) >= 11 is 1.30. The maximum Gasteiger partial charge on any atom is 0.234 e. The Morgan fingerprint density at radius 3 is 2.63 bits per heavy atom. The summed E-state index contributed by atoms with van der Waals surface area (Å²) in [6.07, 6.45) is 5.15. The zero-order chi connectivity index (χ0) is 19.1. The molecule has 3 aromatic rings. The van der Waals surface area contributed by atoms with Gasteiger partial charge in [-0.15, -0.1) is 16.8 Å². The zero-order valence-corrected chi connectivity index (χ0v) is 15.2. The number of carbonyl (C=O) groups excluding carboxylic acids is 1. The number of rotatable bonds is 7. The molecular formula is C19H16N6OS. The van der Waals surface area contributed by atoms with E-state index in [1.54, 1.807) is 42.7 Å². The minimum atomic E-state index is -0.164. The third-order valence-corrected chi connectivity index (χ3v) is 4.56. The number of anilines is 1. The van der Waals surface area contributed by atoms with Gasteiger partial charge in [0.1, 0.15) is 0 Å². The van der Waals surface area contributed by atoms with Crippen LogP contribution >= 0.6 is 11.8 Å². The lowest BCUT2D eigenvalue weighted by atomic mass is 10.2. The van der Waals surface area contributed by atoms with Gasteiger partial charge in [0.2, 0.25) is 5.91 Å². The average Bonchev–Trinajstić information content (AvgIpc) is 3.10. The van der Waals surface area contributed by atoms with E-state index in [0.29, 0.717) is 28.8 Å². The number of carbonyl (C=O) groups is 1. The van der Waals surface area contributed by atoms with Crippen LogP contribution in [0, 0.1) is 11.3 Å². The number of nitriles is 1. The lowest BCUT2D eigenvalue weighted by Crippen LogP contribution is -2.14. The third kappa shape index (κ3) is 4.59. The van der Waals surface area contributed by atoms with E-state index in [1.807, 2.05) is 22.8 Å². The van der Waals surface area contributed by atoms with Gasteiger partial charge < -0.3 is 5.32 Å². The van der Waals surface area contributed by atoms with Crippen LogP contribution in [0.4, 0.5) is 5.69 Å². The first-order chi connectivity index (χ1) is 13.2. The molecule has 27 heavy (non-hydrogen) atoms. The first kappa shape index (κ1) is 18.4. The molecule has 134 valence electrons. The number of hydrogen-bond donors (Lipinski definition) is 1. The summed E-state index contributed by atoms with van der Waals surface area (Å²) in [6.45, 7) is 4.31. The van der Waals surface area contributed by atoms with Crippen molar-refractivity contribution < 1.29 is 4.79 Å². The van der Waals surface area contributed by atoms with Gasteiger partial charge in [0, 0.05) is 30.2 Å². The van der Waals surface area contributed by atoms with E-state index in [4.69, 9.17) is 5.26 Å². The van der Waals surface area contributed by atoms with E-state index in [1.165, 1.54) is 11.8 Å². The Morgan fingerprint density at radius 2 is 1.96 bits per heavy atom. The maximum atomic E-state index is 12.2. The van der Waals surface area contributed by atoms with Gasteiger partial charge in [-0.1, -0.05) is 17.8 Å². The Bertz CT molecular complexity index is 976. The smallest absolute Gasteiger partial charge is 0.234 e. The van der Waals surface area contributed by atoms with Crippen LogP contribution in [0.15, 0.2) is 66.6 Å². The molecule has 2 aromatic heterocycles. The molecule has 1 amide bonds. The van der Waals surface area contributed by atoms with Crippen molar-refractivity contribution in [1.82, 2.24) is 19.7 Å². The number of amides is 1. The Balaban J connectivity index is 1.68. The molecule has 0 aliphatic carbocycles. The molecule has 1 N–H and O–H groups in total. The number of hydrogen-bond acceptors (Lipinski definition) is 6. The molecule has 0 fully saturated rings. The molecular weight excluding hydrogens is 360 g/mol. The molecule has 0 aliphatic rings. The summed E-state index contributed by atoms with van der Waals surface area (Å²) in [4.78, 5) is 16.2. The largest absolute Gasteiger partial charge is 0.325 e. The van der Waals surface area contributed by atoms with Crippen molar-refractivity contribution in [3.63, 3.8) is 0 Å². The van der Waals surface area contributed by atoms with Gasteiger partial charge in [-0.25, -0.2) is 0 Å². The summed E-state index contributed by atoms with van der Waals surface area (Å²) in [6, 6.07) is 12.5.